The zero-order chi connectivity index (χ0) is 20.7. The molecule has 3 heterocycles. The van der Waals surface area contributed by atoms with Gasteiger partial charge in [0.2, 0.25) is 5.91 Å². The first-order valence-electron chi connectivity index (χ1n) is 9.74. The van der Waals surface area contributed by atoms with Crippen molar-refractivity contribution in [3.05, 3.63) is 94.8 Å². The van der Waals surface area contributed by atoms with Gasteiger partial charge in [-0.1, -0.05) is 41.9 Å². The molecule has 0 spiro atoms. The van der Waals surface area contributed by atoms with Gasteiger partial charge in [0.15, 0.2) is 5.66 Å². The van der Waals surface area contributed by atoms with Gasteiger partial charge in [-0.2, -0.15) is 0 Å². The predicted octanol–water partition coefficient (Wildman–Crippen LogP) is 3.35. The number of hydrogen-bond acceptors (Lipinski definition) is 4. The molecule has 2 aromatic carbocycles. The molecule has 6 nitrogen and oxygen atoms in total. The molecule has 1 unspecified atom stereocenters. The van der Waals surface area contributed by atoms with Gasteiger partial charge in [-0.15, -0.1) is 0 Å². The number of benzene rings is 2. The number of aromatic nitrogens is 1. The fourth-order valence-corrected chi connectivity index (χ4v) is 4.65. The summed E-state index contributed by atoms with van der Waals surface area (Å²) in [5.41, 5.74) is 2.10. The molecule has 2 amide bonds. The lowest BCUT2D eigenvalue weighted by Crippen LogP contribution is -2.52. The summed E-state index contributed by atoms with van der Waals surface area (Å²) in [7, 11) is 0. The summed E-state index contributed by atoms with van der Waals surface area (Å²) in [5.74, 6) is -0.156. The van der Waals surface area contributed by atoms with Crippen molar-refractivity contribution in [1.29, 1.82) is 0 Å². The molecular formula is C23H19ClN4O2. The second kappa shape index (κ2) is 7.15. The van der Waals surface area contributed by atoms with E-state index in [4.69, 9.17) is 11.6 Å². The fourth-order valence-electron chi connectivity index (χ4n) is 4.52. The molecule has 2 aliphatic rings. The highest BCUT2D eigenvalue weighted by molar-refractivity contribution is 6.30. The first-order chi connectivity index (χ1) is 14.6. The number of halogens is 1. The van der Waals surface area contributed by atoms with Crippen molar-refractivity contribution in [2.45, 2.75) is 5.66 Å². The second-order valence-electron chi connectivity index (χ2n) is 7.32. The van der Waals surface area contributed by atoms with Crippen molar-refractivity contribution in [3.8, 4) is 0 Å². The van der Waals surface area contributed by atoms with Crippen molar-refractivity contribution in [1.82, 2.24) is 14.8 Å². The Bertz CT molecular complexity index is 1120. The summed E-state index contributed by atoms with van der Waals surface area (Å²) in [5, 5.41) is 3.74. The molecule has 3 aromatic rings. The Morgan fingerprint density at radius 3 is 2.63 bits per heavy atom. The zero-order valence-corrected chi connectivity index (χ0v) is 16.8. The van der Waals surface area contributed by atoms with Crippen LogP contribution in [-0.2, 0) is 10.5 Å². The van der Waals surface area contributed by atoms with Crippen LogP contribution in [0.2, 0.25) is 5.02 Å². The molecule has 7 heteroatoms. The summed E-state index contributed by atoms with van der Waals surface area (Å²) >= 11 is 6.13. The van der Waals surface area contributed by atoms with Crippen molar-refractivity contribution in [2.24, 2.45) is 0 Å². The van der Waals surface area contributed by atoms with Crippen LogP contribution < -0.4 is 5.32 Å². The van der Waals surface area contributed by atoms with E-state index in [0.29, 0.717) is 23.7 Å². The van der Waals surface area contributed by atoms with E-state index in [0.717, 1.165) is 16.8 Å². The molecule has 1 aromatic heterocycles. The van der Waals surface area contributed by atoms with Crippen LogP contribution >= 0.6 is 11.6 Å². The Labute approximate surface area is 179 Å². The molecule has 0 bridgehead atoms. The quantitative estimate of drug-likeness (QED) is 0.705. The molecular weight excluding hydrogens is 400 g/mol. The Balaban J connectivity index is 1.58. The number of carbonyl (C=O) groups excluding carboxylic acids is 2. The first-order valence-corrected chi connectivity index (χ1v) is 10.1. The third-order valence-electron chi connectivity index (χ3n) is 5.76. The minimum Gasteiger partial charge on any atom is -0.375 e. The number of fused-ring (bicyclic) bond motifs is 3. The van der Waals surface area contributed by atoms with Crippen molar-refractivity contribution in [2.75, 3.05) is 25.0 Å². The molecule has 150 valence electrons. The summed E-state index contributed by atoms with van der Waals surface area (Å²) in [6.07, 6.45) is 3.36. The van der Waals surface area contributed by atoms with E-state index < -0.39 is 5.66 Å². The lowest BCUT2D eigenvalue weighted by atomic mass is 9.90. The fraction of sp³-hybridized carbons (Fsp3) is 0.174. The van der Waals surface area contributed by atoms with E-state index in [1.807, 2.05) is 48.5 Å². The van der Waals surface area contributed by atoms with E-state index in [9.17, 15) is 9.59 Å². The maximum atomic E-state index is 13.4. The zero-order valence-electron chi connectivity index (χ0n) is 16.1. The van der Waals surface area contributed by atoms with Gasteiger partial charge in [-0.05, 0) is 30.3 Å². The summed E-state index contributed by atoms with van der Waals surface area (Å²) in [6, 6.07) is 18.6. The summed E-state index contributed by atoms with van der Waals surface area (Å²) < 4.78 is 0. The van der Waals surface area contributed by atoms with Crippen LogP contribution in [0.3, 0.4) is 0 Å². The van der Waals surface area contributed by atoms with Crippen molar-refractivity contribution in [3.63, 3.8) is 0 Å². The molecule has 1 saturated heterocycles. The van der Waals surface area contributed by atoms with Crippen LogP contribution in [0.4, 0.5) is 5.69 Å². The van der Waals surface area contributed by atoms with Gasteiger partial charge in [0, 0.05) is 47.2 Å². The van der Waals surface area contributed by atoms with Gasteiger partial charge in [0.05, 0.1) is 12.2 Å². The Morgan fingerprint density at radius 1 is 1.07 bits per heavy atom. The Hall–Kier alpha value is -3.38. The smallest absolute Gasteiger partial charge is 0.256 e. The molecule has 0 aliphatic carbocycles. The molecule has 0 saturated carbocycles. The monoisotopic (exact) mass is 418 g/mol. The number of nitrogens with one attached hydrogen (secondary N) is 1. The van der Waals surface area contributed by atoms with Crippen LogP contribution in [-0.4, -0.2) is 46.2 Å². The highest BCUT2D eigenvalue weighted by atomic mass is 35.5. The standard InChI is InChI=1S/C23H19ClN4O2/c24-17-9-7-16(8-10-17)23-20-6-2-1-5-19(20)22(30)28(23)13-12-27(23)21(29)15-26-18-4-3-11-25-14-18/h1-11,14,26H,12-13,15H2. The topological polar surface area (TPSA) is 65.5 Å². The lowest BCUT2D eigenvalue weighted by molar-refractivity contribution is -0.134. The third kappa shape index (κ3) is 2.68. The van der Waals surface area contributed by atoms with Gasteiger partial charge in [-0.25, -0.2) is 0 Å². The number of amides is 2. The SMILES string of the molecule is O=C(CNc1cccnc1)N1CCN2C(=O)c3ccccc3C12c1ccc(Cl)cc1. The summed E-state index contributed by atoms with van der Waals surface area (Å²) in [4.78, 5) is 34.3. The number of rotatable bonds is 4. The molecule has 0 radical (unpaired) electrons. The average molecular weight is 419 g/mol. The molecule has 2 aliphatic heterocycles. The number of pyridine rings is 1. The van der Waals surface area contributed by atoms with Crippen LogP contribution in [0, 0.1) is 0 Å². The summed E-state index contributed by atoms with van der Waals surface area (Å²) in [6.45, 7) is 1.02. The average Bonchev–Trinajstić information content (AvgIpc) is 3.29. The molecule has 30 heavy (non-hydrogen) atoms. The van der Waals surface area contributed by atoms with Gasteiger partial charge in [0.25, 0.3) is 5.91 Å². The van der Waals surface area contributed by atoms with Gasteiger partial charge in [-0.3, -0.25) is 14.6 Å². The van der Waals surface area contributed by atoms with Crippen LogP contribution in [0.15, 0.2) is 73.1 Å². The second-order valence-corrected chi connectivity index (χ2v) is 7.76. The number of hydrogen-bond donors (Lipinski definition) is 1. The maximum Gasteiger partial charge on any atom is 0.256 e. The molecule has 1 N–H and O–H groups in total. The predicted molar refractivity (Wildman–Crippen MR) is 114 cm³/mol. The lowest BCUT2D eigenvalue weighted by Gasteiger charge is -2.40. The van der Waals surface area contributed by atoms with Gasteiger partial charge >= 0.3 is 0 Å². The molecule has 1 fully saturated rings. The minimum atomic E-state index is -0.966. The first kappa shape index (κ1) is 18.6. The molecule has 5 rings (SSSR count). The Kier molecular flexibility index (Phi) is 4.44. The van der Waals surface area contributed by atoms with Crippen molar-refractivity contribution < 1.29 is 9.59 Å². The van der Waals surface area contributed by atoms with E-state index in [2.05, 4.69) is 10.3 Å². The highest BCUT2D eigenvalue weighted by Gasteiger charge is 2.59. The van der Waals surface area contributed by atoms with Gasteiger partial charge < -0.3 is 15.1 Å². The van der Waals surface area contributed by atoms with Gasteiger partial charge in [0.1, 0.15) is 0 Å². The van der Waals surface area contributed by atoms with E-state index in [1.54, 1.807) is 34.3 Å². The Morgan fingerprint density at radius 2 is 1.87 bits per heavy atom. The van der Waals surface area contributed by atoms with Crippen LogP contribution in [0.5, 0.6) is 0 Å². The number of nitrogens with zero attached hydrogens (tertiary/aromatic N) is 3. The largest absolute Gasteiger partial charge is 0.375 e. The van der Waals surface area contributed by atoms with E-state index in [-0.39, 0.29) is 18.4 Å². The highest BCUT2D eigenvalue weighted by Crippen LogP contribution is 2.49. The van der Waals surface area contributed by atoms with Crippen LogP contribution in [0.25, 0.3) is 0 Å². The number of carbonyl (C=O) groups is 2. The molecule has 1 atom stereocenters. The van der Waals surface area contributed by atoms with Crippen molar-refractivity contribution >= 4 is 29.1 Å². The normalized spacial score (nSPS) is 19.6. The maximum absolute atomic E-state index is 13.4. The third-order valence-corrected chi connectivity index (χ3v) is 6.01. The van der Waals surface area contributed by atoms with E-state index >= 15 is 0 Å². The minimum absolute atomic E-state index is 0.0592. The van der Waals surface area contributed by atoms with E-state index in [1.165, 1.54) is 0 Å². The van der Waals surface area contributed by atoms with Crippen LogP contribution in [0.1, 0.15) is 21.5 Å². The number of anilines is 1.